The van der Waals surface area contributed by atoms with Gasteiger partial charge in [-0.3, -0.25) is 9.59 Å². The number of pyridine rings is 1. The first-order valence-electron chi connectivity index (χ1n) is 6.94. The molecule has 1 atom stereocenters. The number of hydrogen-bond donors (Lipinski definition) is 2. The summed E-state index contributed by atoms with van der Waals surface area (Å²) in [4.78, 5) is 28.9. The summed E-state index contributed by atoms with van der Waals surface area (Å²) in [5.74, 6) is -0.145. The number of thiophene rings is 1. The predicted octanol–water partition coefficient (Wildman–Crippen LogP) is 2.36. The van der Waals surface area contributed by atoms with E-state index in [0.717, 1.165) is 11.3 Å². The van der Waals surface area contributed by atoms with E-state index in [1.165, 1.54) is 6.20 Å². The van der Waals surface area contributed by atoms with Crippen molar-refractivity contribution in [3.63, 3.8) is 0 Å². The highest BCUT2D eigenvalue weighted by Gasteiger charge is 2.20. The number of amides is 2. The topological polar surface area (TPSA) is 80.3 Å². The first-order valence-corrected chi connectivity index (χ1v) is 7.82. The lowest BCUT2D eigenvalue weighted by molar-refractivity contribution is -0.118. The number of nitrogens with zero attached hydrogens (tertiary/aromatic N) is 1. The van der Waals surface area contributed by atoms with Crippen molar-refractivity contribution in [1.29, 1.82) is 0 Å². The predicted molar refractivity (Wildman–Crippen MR) is 83.2 cm³/mol. The molecular weight excluding hydrogens is 302 g/mol. The Hall–Kier alpha value is -2.41. The van der Waals surface area contributed by atoms with Crippen LogP contribution in [0.1, 0.15) is 34.6 Å². The molecule has 2 aromatic heterocycles. The highest BCUT2D eigenvalue weighted by molar-refractivity contribution is 7.10. The molecule has 0 saturated heterocycles. The van der Waals surface area contributed by atoms with E-state index in [2.05, 4.69) is 15.6 Å². The van der Waals surface area contributed by atoms with Crippen LogP contribution in [0.3, 0.4) is 0 Å². The van der Waals surface area contributed by atoms with Crippen LogP contribution in [-0.2, 0) is 4.79 Å². The van der Waals surface area contributed by atoms with Gasteiger partial charge in [-0.05, 0) is 23.9 Å². The smallest absolute Gasteiger partial charge is 0.262 e. The molecule has 0 radical (unpaired) electrons. The van der Waals surface area contributed by atoms with E-state index in [9.17, 15) is 9.59 Å². The third-order valence-electron chi connectivity index (χ3n) is 3.33. The fourth-order valence-corrected chi connectivity index (χ4v) is 3.07. The summed E-state index contributed by atoms with van der Waals surface area (Å²) in [5.41, 5.74) is 0.813. The van der Waals surface area contributed by atoms with Crippen LogP contribution in [0.5, 0.6) is 5.88 Å². The van der Waals surface area contributed by atoms with Gasteiger partial charge in [0.1, 0.15) is 5.69 Å². The maximum Gasteiger partial charge on any atom is 0.262 e. The number of aromatic nitrogens is 1. The summed E-state index contributed by atoms with van der Waals surface area (Å²) in [6, 6.07) is 5.51. The summed E-state index contributed by atoms with van der Waals surface area (Å²) in [5, 5.41) is 7.61. The second-order valence-corrected chi connectivity index (χ2v) is 5.84. The van der Waals surface area contributed by atoms with Crippen molar-refractivity contribution in [2.45, 2.75) is 19.4 Å². The van der Waals surface area contributed by atoms with E-state index in [0.29, 0.717) is 17.1 Å². The Labute approximate surface area is 131 Å². The van der Waals surface area contributed by atoms with Gasteiger partial charge in [-0.15, -0.1) is 11.3 Å². The lowest BCUT2D eigenvalue weighted by Gasteiger charge is -2.18. The first-order chi connectivity index (χ1) is 10.7. The van der Waals surface area contributed by atoms with Crippen molar-refractivity contribution in [3.05, 3.63) is 40.2 Å². The molecule has 2 N–H and O–H groups in total. The molecule has 1 aliphatic rings. The second kappa shape index (κ2) is 6.15. The minimum atomic E-state index is -0.253. The van der Waals surface area contributed by atoms with Crippen molar-refractivity contribution in [3.8, 4) is 5.88 Å². The van der Waals surface area contributed by atoms with Gasteiger partial charge in [0.05, 0.1) is 11.6 Å². The molecule has 0 fully saturated rings. The van der Waals surface area contributed by atoms with E-state index in [4.69, 9.17) is 4.74 Å². The quantitative estimate of drug-likeness (QED) is 0.907. The van der Waals surface area contributed by atoms with Crippen LogP contribution in [0.25, 0.3) is 0 Å². The molecule has 0 aromatic carbocycles. The zero-order valence-electron chi connectivity index (χ0n) is 12.0. The molecule has 6 nitrogen and oxygen atoms in total. The molecule has 2 amide bonds. The average molecular weight is 317 g/mol. The SMILES string of the molecule is CC[C@H](NC(=O)c1cnc2c(c1)NC(=O)CO2)c1cccs1. The van der Waals surface area contributed by atoms with Gasteiger partial charge in [-0.1, -0.05) is 13.0 Å². The number of anilines is 1. The van der Waals surface area contributed by atoms with Gasteiger partial charge in [0, 0.05) is 11.1 Å². The van der Waals surface area contributed by atoms with Crippen molar-refractivity contribution < 1.29 is 14.3 Å². The Bertz CT molecular complexity index is 700. The van der Waals surface area contributed by atoms with E-state index in [1.807, 2.05) is 24.4 Å². The number of nitrogens with one attached hydrogen (secondary N) is 2. The van der Waals surface area contributed by atoms with Gasteiger partial charge in [0.2, 0.25) is 5.88 Å². The molecule has 0 spiro atoms. The van der Waals surface area contributed by atoms with Gasteiger partial charge in [0.25, 0.3) is 11.8 Å². The summed E-state index contributed by atoms with van der Waals surface area (Å²) in [6.45, 7) is 1.96. The number of fused-ring (bicyclic) bond motifs is 1. The minimum Gasteiger partial charge on any atom is -0.466 e. The number of hydrogen-bond acceptors (Lipinski definition) is 5. The molecule has 2 aromatic rings. The molecule has 1 aliphatic heterocycles. The maximum atomic E-state index is 12.4. The van der Waals surface area contributed by atoms with Gasteiger partial charge < -0.3 is 15.4 Å². The zero-order valence-corrected chi connectivity index (χ0v) is 12.8. The zero-order chi connectivity index (χ0) is 15.5. The molecule has 3 heterocycles. The second-order valence-electron chi connectivity index (χ2n) is 4.86. The standard InChI is InChI=1S/C15H15N3O3S/c1-2-10(12-4-3-5-22-12)18-14(20)9-6-11-15(16-7-9)21-8-13(19)17-11/h3-7,10H,2,8H2,1H3,(H,17,19)(H,18,20)/t10-/m0/s1. The van der Waals surface area contributed by atoms with Crippen LogP contribution in [0.4, 0.5) is 5.69 Å². The van der Waals surface area contributed by atoms with E-state index < -0.39 is 0 Å². The summed E-state index contributed by atoms with van der Waals surface area (Å²) in [7, 11) is 0. The van der Waals surface area contributed by atoms with Gasteiger partial charge in [-0.25, -0.2) is 4.98 Å². The van der Waals surface area contributed by atoms with E-state index >= 15 is 0 Å². The van der Waals surface area contributed by atoms with Crippen LogP contribution in [0, 0.1) is 0 Å². The number of carbonyl (C=O) groups is 2. The van der Waals surface area contributed by atoms with Crippen molar-refractivity contribution in [1.82, 2.24) is 10.3 Å². The fraction of sp³-hybridized carbons (Fsp3) is 0.267. The number of rotatable bonds is 4. The van der Waals surface area contributed by atoms with Crippen LogP contribution >= 0.6 is 11.3 Å². The molecule has 3 rings (SSSR count). The van der Waals surface area contributed by atoms with Crippen molar-refractivity contribution >= 4 is 28.8 Å². The normalized spacial score (nSPS) is 14.5. The van der Waals surface area contributed by atoms with E-state index in [1.54, 1.807) is 17.4 Å². The molecule has 114 valence electrons. The monoisotopic (exact) mass is 317 g/mol. The Kier molecular flexibility index (Phi) is 4.06. The van der Waals surface area contributed by atoms with Gasteiger partial charge in [0.15, 0.2) is 6.61 Å². The van der Waals surface area contributed by atoms with Gasteiger partial charge in [-0.2, -0.15) is 0 Å². The molecule has 0 unspecified atom stereocenters. The molecule has 7 heteroatoms. The summed E-state index contributed by atoms with van der Waals surface area (Å²) >= 11 is 1.61. The third-order valence-corrected chi connectivity index (χ3v) is 4.31. The Balaban J connectivity index is 1.77. The van der Waals surface area contributed by atoms with Gasteiger partial charge >= 0.3 is 0 Å². The average Bonchev–Trinajstić information content (AvgIpc) is 3.05. The summed E-state index contributed by atoms with van der Waals surface area (Å²) in [6.07, 6.45) is 2.25. The highest BCUT2D eigenvalue weighted by Crippen LogP contribution is 2.26. The number of ether oxygens (including phenoxy) is 1. The molecule has 0 bridgehead atoms. The molecule has 0 aliphatic carbocycles. The number of carbonyl (C=O) groups excluding carboxylic acids is 2. The highest BCUT2D eigenvalue weighted by atomic mass is 32.1. The van der Waals surface area contributed by atoms with Crippen LogP contribution in [-0.4, -0.2) is 23.4 Å². The summed E-state index contributed by atoms with van der Waals surface area (Å²) < 4.78 is 5.18. The fourth-order valence-electron chi connectivity index (χ4n) is 2.21. The van der Waals surface area contributed by atoms with Crippen LogP contribution in [0.15, 0.2) is 29.8 Å². The largest absolute Gasteiger partial charge is 0.466 e. The van der Waals surface area contributed by atoms with Crippen LogP contribution in [0.2, 0.25) is 0 Å². The lowest BCUT2D eigenvalue weighted by atomic mass is 10.1. The lowest BCUT2D eigenvalue weighted by Crippen LogP contribution is -2.29. The molecular formula is C15H15N3O3S. The van der Waals surface area contributed by atoms with Crippen molar-refractivity contribution in [2.24, 2.45) is 0 Å². The maximum absolute atomic E-state index is 12.4. The first kappa shape index (κ1) is 14.5. The third kappa shape index (κ3) is 2.94. The Morgan fingerprint density at radius 2 is 2.45 bits per heavy atom. The van der Waals surface area contributed by atoms with Crippen molar-refractivity contribution in [2.75, 3.05) is 11.9 Å². The molecule has 0 saturated carbocycles. The molecule has 22 heavy (non-hydrogen) atoms. The Morgan fingerprint density at radius 3 is 3.18 bits per heavy atom. The minimum absolute atomic E-state index is 0.0330. The Morgan fingerprint density at radius 1 is 1.59 bits per heavy atom. The van der Waals surface area contributed by atoms with E-state index in [-0.39, 0.29) is 24.5 Å². The van der Waals surface area contributed by atoms with Crippen LogP contribution < -0.4 is 15.4 Å².